The third-order valence-electron chi connectivity index (χ3n) is 4.09. The summed E-state index contributed by atoms with van der Waals surface area (Å²) in [5.41, 5.74) is 5.74. The van der Waals surface area contributed by atoms with E-state index >= 15 is 0 Å². The van der Waals surface area contributed by atoms with Crippen molar-refractivity contribution in [1.29, 1.82) is 5.26 Å². The lowest BCUT2D eigenvalue weighted by Crippen LogP contribution is -2.36. The van der Waals surface area contributed by atoms with Crippen molar-refractivity contribution >= 4 is 23.3 Å². The minimum absolute atomic E-state index is 0.0341. The predicted molar refractivity (Wildman–Crippen MR) is 103 cm³/mol. The van der Waals surface area contributed by atoms with Crippen molar-refractivity contribution < 1.29 is 28.2 Å². The standard InChI is InChI=1S/C19H22FN3O5S/c1-3-28-19(25)16-13(10-27-7-6-21)23-12(8-20)15(18(24)26-2)17(16)14-5-4-11(9-22)29-14/h4-5,17,23H,3,6-8,10,21H2,1-2H3. The van der Waals surface area contributed by atoms with Gasteiger partial charge in [-0.3, -0.25) is 0 Å². The number of alkyl halides is 1. The fourth-order valence-corrected chi connectivity index (χ4v) is 3.87. The van der Waals surface area contributed by atoms with Crippen molar-refractivity contribution in [2.45, 2.75) is 12.8 Å². The first-order valence-electron chi connectivity index (χ1n) is 8.84. The lowest BCUT2D eigenvalue weighted by Gasteiger charge is -2.30. The monoisotopic (exact) mass is 423 g/mol. The molecule has 0 saturated heterocycles. The number of nitriles is 1. The van der Waals surface area contributed by atoms with Crippen LogP contribution in [0.3, 0.4) is 0 Å². The SMILES string of the molecule is CCOC(=O)C1=C(COCCN)NC(CF)=C(C(=O)OC)C1c1ccc(C#N)s1. The number of dihydropyridines is 1. The van der Waals surface area contributed by atoms with Crippen LogP contribution in [0.5, 0.6) is 0 Å². The Labute approximate surface area is 171 Å². The summed E-state index contributed by atoms with van der Waals surface area (Å²) in [6, 6.07) is 5.21. The second kappa shape index (κ2) is 10.7. The predicted octanol–water partition coefficient (Wildman–Crippen LogP) is 1.50. The van der Waals surface area contributed by atoms with E-state index in [0.717, 1.165) is 11.3 Å². The van der Waals surface area contributed by atoms with Gasteiger partial charge >= 0.3 is 11.9 Å². The average Bonchev–Trinajstić information content (AvgIpc) is 3.21. The van der Waals surface area contributed by atoms with E-state index in [4.69, 9.17) is 19.9 Å². The molecule has 8 nitrogen and oxygen atoms in total. The molecular formula is C19H22FN3O5S. The highest BCUT2D eigenvalue weighted by atomic mass is 32.1. The molecule has 2 rings (SSSR count). The van der Waals surface area contributed by atoms with E-state index in [1.165, 1.54) is 7.11 Å². The van der Waals surface area contributed by atoms with Crippen LogP contribution < -0.4 is 11.1 Å². The number of carbonyl (C=O) groups excluding carboxylic acids is 2. The van der Waals surface area contributed by atoms with Crippen molar-refractivity contribution in [3.05, 3.63) is 44.4 Å². The number of thiophene rings is 1. The number of allylic oxidation sites excluding steroid dienone is 1. The highest BCUT2D eigenvalue weighted by molar-refractivity contribution is 7.12. The van der Waals surface area contributed by atoms with Crippen LogP contribution >= 0.6 is 11.3 Å². The zero-order chi connectivity index (χ0) is 21.4. The molecule has 1 atom stereocenters. The first kappa shape index (κ1) is 22.5. The molecule has 2 heterocycles. The van der Waals surface area contributed by atoms with Crippen LogP contribution in [0.25, 0.3) is 0 Å². The molecule has 0 spiro atoms. The molecule has 1 aliphatic heterocycles. The zero-order valence-electron chi connectivity index (χ0n) is 16.1. The summed E-state index contributed by atoms with van der Waals surface area (Å²) in [5, 5.41) is 12.0. The summed E-state index contributed by atoms with van der Waals surface area (Å²) in [7, 11) is 1.17. The molecule has 0 aliphatic carbocycles. The fraction of sp³-hybridized carbons (Fsp3) is 0.421. The lowest BCUT2D eigenvalue weighted by molar-refractivity contribution is -0.139. The fourth-order valence-electron chi connectivity index (χ4n) is 2.94. The van der Waals surface area contributed by atoms with Gasteiger partial charge in [-0.05, 0) is 19.1 Å². The van der Waals surface area contributed by atoms with Crippen LogP contribution in [-0.2, 0) is 23.8 Å². The molecule has 0 saturated carbocycles. The molecule has 0 bridgehead atoms. The van der Waals surface area contributed by atoms with Crippen LogP contribution in [-0.4, -0.2) is 52.1 Å². The Hall–Kier alpha value is -2.74. The van der Waals surface area contributed by atoms with Gasteiger partial charge in [-0.2, -0.15) is 5.26 Å². The number of carbonyl (C=O) groups is 2. The number of methoxy groups -OCH3 is 1. The summed E-state index contributed by atoms with van der Waals surface area (Å²) in [6.07, 6.45) is 0. The highest BCUT2D eigenvalue weighted by Gasteiger charge is 2.40. The second-order valence-corrected chi connectivity index (χ2v) is 6.96. The number of halogens is 1. The molecule has 0 amide bonds. The van der Waals surface area contributed by atoms with Crippen LogP contribution in [0.4, 0.5) is 4.39 Å². The van der Waals surface area contributed by atoms with E-state index in [0.29, 0.717) is 9.75 Å². The van der Waals surface area contributed by atoms with Crippen LogP contribution in [0, 0.1) is 11.3 Å². The Morgan fingerprint density at radius 2 is 2.03 bits per heavy atom. The smallest absolute Gasteiger partial charge is 0.336 e. The third kappa shape index (κ3) is 5.00. The van der Waals surface area contributed by atoms with Crippen molar-refractivity contribution in [3.63, 3.8) is 0 Å². The lowest BCUT2D eigenvalue weighted by atomic mass is 9.84. The van der Waals surface area contributed by atoms with Gasteiger partial charge in [0.15, 0.2) is 0 Å². The largest absolute Gasteiger partial charge is 0.466 e. The van der Waals surface area contributed by atoms with Gasteiger partial charge in [0.1, 0.15) is 17.6 Å². The molecule has 156 valence electrons. The average molecular weight is 423 g/mol. The van der Waals surface area contributed by atoms with Gasteiger partial charge in [0.05, 0.1) is 55.4 Å². The van der Waals surface area contributed by atoms with Crippen LogP contribution in [0.1, 0.15) is 22.6 Å². The van der Waals surface area contributed by atoms with Gasteiger partial charge in [0.25, 0.3) is 0 Å². The topological polar surface area (TPSA) is 124 Å². The molecule has 3 N–H and O–H groups in total. The number of nitrogens with one attached hydrogen (secondary N) is 1. The van der Waals surface area contributed by atoms with Crippen LogP contribution in [0.2, 0.25) is 0 Å². The van der Waals surface area contributed by atoms with Gasteiger partial charge in [-0.25, -0.2) is 14.0 Å². The van der Waals surface area contributed by atoms with E-state index in [-0.39, 0.29) is 48.9 Å². The Morgan fingerprint density at radius 3 is 2.59 bits per heavy atom. The van der Waals surface area contributed by atoms with E-state index in [2.05, 4.69) is 5.32 Å². The Morgan fingerprint density at radius 1 is 1.31 bits per heavy atom. The number of nitrogens with zero attached hydrogens (tertiary/aromatic N) is 1. The Kier molecular flexibility index (Phi) is 8.33. The summed E-state index contributed by atoms with van der Waals surface area (Å²) in [6.45, 7) is 1.19. The molecule has 10 heteroatoms. The Bertz CT molecular complexity index is 871. The van der Waals surface area contributed by atoms with Gasteiger partial charge in [0, 0.05) is 11.4 Å². The second-order valence-electron chi connectivity index (χ2n) is 5.84. The summed E-state index contributed by atoms with van der Waals surface area (Å²) in [4.78, 5) is 26.2. The molecule has 1 aromatic rings. The number of esters is 2. The van der Waals surface area contributed by atoms with E-state index in [1.807, 2.05) is 6.07 Å². The molecular weight excluding hydrogens is 401 g/mol. The van der Waals surface area contributed by atoms with Crippen molar-refractivity contribution in [3.8, 4) is 6.07 Å². The minimum Gasteiger partial charge on any atom is -0.466 e. The van der Waals surface area contributed by atoms with Crippen molar-refractivity contribution in [2.24, 2.45) is 5.73 Å². The highest BCUT2D eigenvalue weighted by Crippen LogP contribution is 2.42. The maximum Gasteiger partial charge on any atom is 0.336 e. The van der Waals surface area contributed by atoms with Crippen molar-refractivity contribution in [1.82, 2.24) is 5.32 Å². The van der Waals surface area contributed by atoms with E-state index < -0.39 is 24.5 Å². The molecule has 1 aromatic heterocycles. The summed E-state index contributed by atoms with van der Waals surface area (Å²) >= 11 is 1.10. The van der Waals surface area contributed by atoms with E-state index in [9.17, 15) is 19.2 Å². The minimum atomic E-state index is -0.992. The summed E-state index contributed by atoms with van der Waals surface area (Å²) in [5.74, 6) is -2.43. The normalized spacial score (nSPS) is 16.3. The van der Waals surface area contributed by atoms with Gasteiger partial charge < -0.3 is 25.3 Å². The van der Waals surface area contributed by atoms with Gasteiger partial charge in [0.2, 0.25) is 0 Å². The quantitative estimate of drug-likeness (QED) is 0.452. The molecule has 29 heavy (non-hydrogen) atoms. The first-order chi connectivity index (χ1) is 14.0. The maximum absolute atomic E-state index is 13.8. The number of hydrogen-bond acceptors (Lipinski definition) is 9. The van der Waals surface area contributed by atoms with Gasteiger partial charge in [-0.15, -0.1) is 11.3 Å². The first-order valence-corrected chi connectivity index (χ1v) is 9.66. The molecule has 1 unspecified atom stereocenters. The van der Waals surface area contributed by atoms with Gasteiger partial charge in [-0.1, -0.05) is 0 Å². The molecule has 0 fully saturated rings. The Balaban J connectivity index is 2.68. The number of rotatable bonds is 9. The van der Waals surface area contributed by atoms with Crippen LogP contribution in [0.15, 0.2) is 34.7 Å². The zero-order valence-corrected chi connectivity index (χ0v) is 16.9. The number of ether oxygens (including phenoxy) is 3. The van der Waals surface area contributed by atoms with E-state index in [1.54, 1.807) is 19.1 Å². The molecule has 1 aliphatic rings. The third-order valence-corrected chi connectivity index (χ3v) is 5.15. The number of nitrogens with two attached hydrogens (primary N) is 1. The molecule has 0 radical (unpaired) electrons. The number of hydrogen-bond donors (Lipinski definition) is 2. The maximum atomic E-state index is 13.8. The molecule has 0 aromatic carbocycles. The summed E-state index contributed by atoms with van der Waals surface area (Å²) < 4.78 is 29.3. The van der Waals surface area contributed by atoms with Crippen molar-refractivity contribution in [2.75, 3.05) is 40.1 Å².